The summed E-state index contributed by atoms with van der Waals surface area (Å²) < 4.78 is 10.4. The Morgan fingerprint density at radius 1 is 1.33 bits per heavy atom. The number of carbonyl (C=O) groups is 1. The maximum absolute atomic E-state index is 11.9. The summed E-state index contributed by atoms with van der Waals surface area (Å²) in [7, 11) is 4.89. The monoisotopic (exact) mass is 252 g/mol. The summed E-state index contributed by atoms with van der Waals surface area (Å²) in [6.45, 7) is 3.03. The number of methoxy groups -OCH3 is 2. The van der Waals surface area contributed by atoms with E-state index in [1.54, 1.807) is 38.3 Å². The molecule has 0 spiro atoms. The maximum atomic E-state index is 11.9. The number of hydrogen-bond donors (Lipinski definition) is 1. The lowest BCUT2D eigenvalue weighted by molar-refractivity contribution is -0.117. The molecule has 0 aliphatic heterocycles. The first kappa shape index (κ1) is 14.3. The zero-order chi connectivity index (χ0) is 13.5. The van der Waals surface area contributed by atoms with E-state index in [0.717, 1.165) is 12.2 Å². The van der Waals surface area contributed by atoms with Gasteiger partial charge in [0, 0.05) is 13.1 Å². The number of nitrogens with zero attached hydrogens (tertiary/aromatic N) is 1. The maximum Gasteiger partial charge on any atom is 0.240 e. The van der Waals surface area contributed by atoms with Gasteiger partial charge in [0.05, 0.1) is 26.5 Å². The Labute approximate surface area is 108 Å². The van der Waals surface area contributed by atoms with Crippen LogP contribution in [0.5, 0.6) is 11.5 Å². The lowest BCUT2D eigenvalue weighted by atomic mass is 10.2. The topological polar surface area (TPSA) is 50.8 Å². The van der Waals surface area contributed by atoms with Crippen LogP contribution >= 0.6 is 0 Å². The molecular formula is C13H20N2O3. The van der Waals surface area contributed by atoms with Crippen LogP contribution < -0.4 is 19.7 Å². The van der Waals surface area contributed by atoms with E-state index in [0.29, 0.717) is 18.0 Å². The number of amides is 1. The Bertz CT molecular complexity index is 407. The number of rotatable bonds is 6. The molecule has 0 unspecified atom stereocenters. The lowest BCUT2D eigenvalue weighted by Gasteiger charge is -2.20. The molecule has 0 saturated carbocycles. The molecule has 0 heterocycles. The third-order valence-corrected chi connectivity index (χ3v) is 2.65. The van der Waals surface area contributed by atoms with Gasteiger partial charge in [-0.3, -0.25) is 4.79 Å². The fourth-order valence-corrected chi connectivity index (χ4v) is 1.55. The third kappa shape index (κ3) is 3.37. The minimum atomic E-state index is -0.0136. The second-order valence-corrected chi connectivity index (χ2v) is 3.77. The van der Waals surface area contributed by atoms with Crippen molar-refractivity contribution in [3.63, 3.8) is 0 Å². The van der Waals surface area contributed by atoms with E-state index < -0.39 is 0 Å². The highest BCUT2D eigenvalue weighted by molar-refractivity contribution is 5.95. The van der Waals surface area contributed by atoms with Crippen LogP contribution in [-0.2, 0) is 4.79 Å². The number of carbonyl (C=O) groups excluding carboxylic acids is 1. The van der Waals surface area contributed by atoms with Crippen molar-refractivity contribution in [3.8, 4) is 11.5 Å². The second kappa shape index (κ2) is 6.86. The number of likely N-dealkylation sites (N-methyl/N-ethyl adjacent to an activating group) is 2. The predicted octanol–water partition coefficient (Wildman–Crippen LogP) is 1.28. The summed E-state index contributed by atoms with van der Waals surface area (Å²) in [5.74, 6) is 1.30. The van der Waals surface area contributed by atoms with Crippen LogP contribution in [0.25, 0.3) is 0 Å². The molecule has 0 aliphatic carbocycles. The molecule has 0 atom stereocenters. The predicted molar refractivity (Wildman–Crippen MR) is 71.5 cm³/mol. The SMILES string of the molecule is CCNCC(=O)N(C)c1ccc(OC)cc1OC. The van der Waals surface area contributed by atoms with E-state index in [2.05, 4.69) is 5.32 Å². The summed E-state index contributed by atoms with van der Waals surface area (Å²) in [4.78, 5) is 13.5. The van der Waals surface area contributed by atoms with Crippen LogP contribution in [0.3, 0.4) is 0 Å². The lowest BCUT2D eigenvalue weighted by Crippen LogP contribution is -2.35. The number of anilines is 1. The fourth-order valence-electron chi connectivity index (χ4n) is 1.55. The normalized spacial score (nSPS) is 10.0. The first-order chi connectivity index (χ1) is 8.63. The molecule has 1 amide bonds. The Balaban J connectivity index is 2.90. The van der Waals surface area contributed by atoms with Crippen molar-refractivity contribution >= 4 is 11.6 Å². The van der Waals surface area contributed by atoms with Crippen molar-refractivity contribution in [2.24, 2.45) is 0 Å². The molecule has 18 heavy (non-hydrogen) atoms. The van der Waals surface area contributed by atoms with Gasteiger partial charge < -0.3 is 19.7 Å². The molecule has 1 N–H and O–H groups in total. The molecule has 0 aliphatic rings. The fraction of sp³-hybridized carbons (Fsp3) is 0.462. The molecule has 0 bridgehead atoms. The van der Waals surface area contributed by atoms with Gasteiger partial charge in [-0.25, -0.2) is 0 Å². The number of hydrogen-bond acceptors (Lipinski definition) is 4. The summed E-state index contributed by atoms with van der Waals surface area (Å²) in [6, 6.07) is 5.36. The molecule has 100 valence electrons. The van der Waals surface area contributed by atoms with E-state index in [9.17, 15) is 4.79 Å². The molecule has 1 aromatic carbocycles. The Kier molecular flexibility index (Phi) is 5.45. The standard InChI is InChI=1S/C13H20N2O3/c1-5-14-9-13(16)15(2)11-7-6-10(17-3)8-12(11)18-4/h6-8,14H,5,9H2,1-4H3. The van der Waals surface area contributed by atoms with Crippen molar-refractivity contribution in [3.05, 3.63) is 18.2 Å². The molecule has 5 heteroatoms. The molecule has 1 aromatic rings. The van der Waals surface area contributed by atoms with Crippen LogP contribution in [0.1, 0.15) is 6.92 Å². The average Bonchev–Trinajstić information content (AvgIpc) is 2.43. The number of nitrogens with one attached hydrogen (secondary N) is 1. The van der Waals surface area contributed by atoms with E-state index in [-0.39, 0.29) is 5.91 Å². The van der Waals surface area contributed by atoms with Gasteiger partial charge in [0.15, 0.2) is 0 Å². The van der Waals surface area contributed by atoms with Gasteiger partial charge in [-0.05, 0) is 18.7 Å². The van der Waals surface area contributed by atoms with Crippen molar-refractivity contribution in [2.45, 2.75) is 6.92 Å². The minimum Gasteiger partial charge on any atom is -0.497 e. The quantitative estimate of drug-likeness (QED) is 0.828. The van der Waals surface area contributed by atoms with Gasteiger partial charge >= 0.3 is 0 Å². The van der Waals surface area contributed by atoms with E-state index in [1.807, 2.05) is 13.0 Å². The zero-order valence-electron chi connectivity index (χ0n) is 11.3. The minimum absolute atomic E-state index is 0.0136. The highest BCUT2D eigenvalue weighted by Crippen LogP contribution is 2.31. The zero-order valence-corrected chi connectivity index (χ0v) is 11.3. The first-order valence-electron chi connectivity index (χ1n) is 5.83. The summed E-state index contributed by atoms with van der Waals surface area (Å²) in [5.41, 5.74) is 0.723. The Hall–Kier alpha value is -1.75. The second-order valence-electron chi connectivity index (χ2n) is 3.77. The average molecular weight is 252 g/mol. The van der Waals surface area contributed by atoms with Crippen molar-refractivity contribution in [1.29, 1.82) is 0 Å². The van der Waals surface area contributed by atoms with E-state index in [4.69, 9.17) is 9.47 Å². The van der Waals surface area contributed by atoms with Crippen LogP contribution in [0.15, 0.2) is 18.2 Å². The first-order valence-corrected chi connectivity index (χ1v) is 5.83. The number of ether oxygens (including phenoxy) is 2. The molecule has 1 rings (SSSR count). The Morgan fingerprint density at radius 3 is 2.61 bits per heavy atom. The van der Waals surface area contributed by atoms with Crippen LogP contribution in [0.2, 0.25) is 0 Å². The molecular weight excluding hydrogens is 232 g/mol. The van der Waals surface area contributed by atoms with Crippen molar-refractivity contribution < 1.29 is 14.3 Å². The summed E-state index contributed by atoms with van der Waals surface area (Å²) in [5, 5.41) is 3.00. The van der Waals surface area contributed by atoms with Gasteiger partial charge in [-0.15, -0.1) is 0 Å². The summed E-state index contributed by atoms with van der Waals surface area (Å²) >= 11 is 0. The van der Waals surface area contributed by atoms with E-state index >= 15 is 0 Å². The molecule has 0 fully saturated rings. The smallest absolute Gasteiger partial charge is 0.240 e. The van der Waals surface area contributed by atoms with Gasteiger partial charge in [0.2, 0.25) is 5.91 Å². The molecule has 0 radical (unpaired) electrons. The highest BCUT2D eigenvalue weighted by atomic mass is 16.5. The van der Waals surface area contributed by atoms with Crippen LogP contribution in [0.4, 0.5) is 5.69 Å². The molecule has 0 saturated heterocycles. The van der Waals surface area contributed by atoms with Crippen LogP contribution in [-0.4, -0.2) is 40.3 Å². The van der Waals surface area contributed by atoms with Gasteiger partial charge in [-0.1, -0.05) is 6.92 Å². The highest BCUT2D eigenvalue weighted by Gasteiger charge is 2.15. The Morgan fingerprint density at radius 2 is 2.06 bits per heavy atom. The molecule has 5 nitrogen and oxygen atoms in total. The van der Waals surface area contributed by atoms with Gasteiger partial charge in [0.25, 0.3) is 0 Å². The third-order valence-electron chi connectivity index (χ3n) is 2.65. The number of benzene rings is 1. The van der Waals surface area contributed by atoms with Crippen molar-refractivity contribution in [2.75, 3.05) is 39.3 Å². The van der Waals surface area contributed by atoms with E-state index in [1.165, 1.54) is 0 Å². The summed E-state index contributed by atoms with van der Waals surface area (Å²) in [6.07, 6.45) is 0. The van der Waals surface area contributed by atoms with Gasteiger partial charge in [-0.2, -0.15) is 0 Å². The van der Waals surface area contributed by atoms with Gasteiger partial charge in [0.1, 0.15) is 11.5 Å². The van der Waals surface area contributed by atoms with Crippen molar-refractivity contribution in [1.82, 2.24) is 5.32 Å². The largest absolute Gasteiger partial charge is 0.497 e. The van der Waals surface area contributed by atoms with Crippen LogP contribution in [0, 0.1) is 0 Å². The molecule has 0 aromatic heterocycles.